The Morgan fingerprint density at radius 2 is 1.79 bits per heavy atom. The molecule has 1 saturated heterocycles. The molecule has 34 heavy (non-hydrogen) atoms. The van der Waals surface area contributed by atoms with E-state index >= 15 is 0 Å². The first-order chi connectivity index (χ1) is 16.3. The summed E-state index contributed by atoms with van der Waals surface area (Å²) in [5, 5.41) is 11.3. The smallest absolute Gasteiger partial charge is 0.295 e. The number of rotatable bonds is 10. The lowest BCUT2D eigenvalue weighted by molar-refractivity contribution is -0.140. The molecule has 0 spiro atoms. The molecule has 6 heteroatoms. The zero-order valence-electron chi connectivity index (χ0n) is 20.5. The monoisotopic (exact) mass is 462 g/mol. The second kappa shape index (κ2) is 11.2. The van der Waals surface area contributed by atoms with E-state index in [9.17, 15) is 14.7 Å². The van der Waals surface area contributed by atoms with Crippen LogP contribution in [0.1, 0.15) is 42.1 Å². The van der Waals surface area contributed by atoms with Gasteiger partial charge in [-0.15, -0.1) is 0 Å². The molecule has 1 heterocycles. The number of Topliss-reactive ketones (excluding diaryl/α,β-unsaturated/α-hetero) is 1. The highest BCUT2D eigenvalue weighted by molar-refractivity contribution is 6.46. The first-order valence-electron chi connectivity index (χ1n) is 11.7. The number of nitrogens with zero attached hydrogens (tertiary/aromatic N) is 2. The van der Waals surface area contributed by atoms with E-state index in [1.807, 2.05) is 38.1 Å². The van der Waals surface area contributed by atoms with Gasteiger partial charge in [0.2, 0.25) is 0 Å². The van der Waals surface area contributed by atoms with Gasteiger partial charge in [-0.1, -0.05) is 56.3 Å². The summed E-state index contributed by atoms with van der Waals surface area (Å²) in [7, 11) is 0. The van der Waals surface area contributed by atoms with Crippen molar-refractivity contribution in [1.29, 1.82) is 0 Å². The van der Waals surface area contributed by atoms with Gasteiger partial charge < -0.3 is 19.6 Å². The molecule has 1 amide bonds. The molecule has 0 bridgehead atoms. The van der Waals surface area contributed by atoms with Gasteiger partial charge in [-0.3, -0.25) is 9.59 Å². The van der Waals surface area contributed by atoms with Gasteiger partial charge in [0.05, 0.1) is 11.6 Å². The van der Waals surface area contributed by atoms with E-state index in [2.05, 4.69) is 25.3 Å². The van der Waals surface area contributed by atoms with Gasteiger partial charge in [-0.05, 0) is 56.3 Å². The van der Waals surface area contributed by atoms with E-state index in [4.69, 9.17) is 4.74 Å². The highest BCUT2D eigenvalue weighted by Gasteiger charge is 2.46. The fraction of sp³-hybridized carbons (Fsp3) is 0.357. The molecule has 0 aliphatic carbocycles. The van der Waals surface area contributed by atoms with Crippen LogP contribution < -0.4 is 4.74 Å². The zero-order chi connectivity index (χ0) is 24.8. The van der Waals surface area contributed by atoms with Crippen LogP contribution in [0.3, 0.4) is 0 Å². The molecule has 0 radical (unpaired) electrons. The quantitative estimate of drug-likeness (QED) is 0.241. The summed E-state index contributed by atoms with van der Waals surface area (Å²) < 4.78 is 5.58. The normalized spacial score (nSPS) is 17.4. The number of amides is 1. The minimum atomic E-state index is -0.658. The van der Waals surface area contributed by atoms with Crippen LogP contribution in [0.4, 0.5) is 0 Å². The van der Waals surface area contributed by atoms with E-state index in [0.29, 0.717) is 31.0 Å². The number of carbonyl (C=O) groups is 2. The van der Waals surface area contributed by atoms with Gasteiger partial charge in [0, 0.05) is 18.7 Å². The summed E-state index contributed by atoms with van der Waals surface area (Å²) in [6, 6.07) is 12.4. The summed E-state index contributed by atoms with van der Waals surface area (Å²) >= 11 is 0. The lowest BCUT2D eigenvalue weighted by Gasteiger charge is -2.28. The van der Waals surface area contributed by atoms with Gasteiger partial charge in [0.15, 0.2) is 0 Å². The Balaban J connectivity index is 2.08. The van der Waals surface area contributed by atoms with Crippen LogP contribution in [0.15, 0.2) is 60.7 Å². The van der Waals surface area contributed by atoms with Crippen LogP contribution in [-0.4, -0.2) is 59.4 Å². The number of hydrogen-bond acceptors (Lipinski definition) is 5. The Bertz CT molecular complexity index is 1080. The van der Waals surface area contributed by atoms with Crippen LogP contribution in [0.2, 0.25) is 0 Å². The van der Waals surface area contributed by atoms with Crippen molar-refractivity contribution in [2.45, 2.75) is 33.7 Å². The van der Waals surface area contributed by atoms with Crippen LogP contribution in [-0.2, 0) is 9.59 Å². The van der Waals surface area contributed by atoms with Gasteiger partial charge in [0.1, 0.15) is 18.1 Å². The molecule has 2 aromatic rings. The largest absolute Gasteiger partial charge is 0.507 e. The maximum absolute atomic E-state index is 13.2. The summed E-state index contributed by atoms with van der Waals surface area (Å²) in [6.45, 7) is 14.7. The summed E-state index contributed by atoms with van der Waals surface area (Å²) in [6.07, 6.45) is 1.66. The fourth-order valence-electron chi connectivity index (χ4n) is 4.29. The number of aliphatic hydroxyl groups excluding tert-OH is 1. The Labute approximate surface area is 202 Å². The SMILES string of the molecule is C=CCOc1ccc(/C(O)=C2\C(=O)C(=O)N(CCN(CC)CC)C2c2ccc(C)cc2)c(C)c1. The minimum absolute atomic E-state index is 0.122. The predicted molar refractivity (Wildman–Crippen MR) is 135 cm³/mol. The Hall–Kier alpha value is -3.38. The number of ether oxygens (including phenoxy) is 1. The van der Waals surface area contributed by atoms with Crippen molar-refractivity contribution in [2.75, 3.05) is 32.8 Å². The molecule has 0 aromatic heterocycles. The van der Waals surface area contributed by atoms with Crippen LogP contribution in [0, 0.1) is 13.8 Å². The van der Waals surface area contributed by atoms with Crippen LogP contribution in [0.5, 0.6) is 5.75 Å². The first kappa shape index (κ1) is 25.2. The minimum Gasteiger partial charge on any atom is -0.507 e. The third-order valence-electron chi connectivity index (χ3n) is 6.31. The number of likely N-dealkylation sites (tertiary alicyclic amines) is 1. The number of ketones is 1. The van der Waals surface area contributed by atoms with Crippen molar-refractivity contribution in [3.05, 3.63) is 82.9 Å². The summed E-state index contributed by atoms with van der Waals surface area (Å²) in [4.78, 5) is 30.2. The first-order valence-corrected chi connectivity index (χ1v) is 11.7. The second-order valence-electron chi connectivity index (χ2n) is 8.51. The number of aryl methyl sites for hydroxylation is 2. The van der Waals surface area contributed by atoms with Crippen molar-refractivity contribution in [3.8, 4) is 5.75 Å². The number of benzene rings is 2. The topological polar surface area (TPSA) is 70.1 Å². The van der Waals surface area contributed by atoms with Crippen molar-refractivity contribution in [1.82, 2.24) is 9.80 Å². The molecule has 1 fully saturated rings. The average Bonchev–Trinajstić information content (AvgIpc) is 3.08. The standard InChI is InChI=1S/C28H34N2O4/c1-6-17-34-22-13-14-23(20(5)18-22)26(31)24-25(21-11-9-19(4)10-12-21)30(28(33)27(24)32)16-15-29(7-2)8-3/h6,9-14,18,25,31H,1,7-8,15-17H2,2-5H3/b26-24+. The van der Waals surface area contributed by atoms with Crippen LogP contribution >= 0.6 is 0 Å². The molecule has 6 nitrogen and oxygen atoms in total. The van der Waals surface area contributed by atoms with E-state index < -0.39 is 17.7 Å². The second-order valence-corrected chi connectivity index (χ2v) is 8.51. The number of carbonyl (C=O) groups excluding carboxylic acids is 2. The molecule has 1 atom stereocenters. The number of likely N-dealkylation sites (N-methyl/N-ethyl adjacent to an activating group) is 1. The molecule has 1 unspecified atom stereocenters. The highest BCUT2D eigenvalue weighted by Crippen LogP contribution is 2.40. The third-order valence-corrected chi connectivity index (χ3v) is 6.31. The lowest BCUT2D eigenvalue weighted by atomic mass is 9.93. The van der Waals surface area contributed by atoms with Gasteiger partial charge in [0.25, 0.3) is 11.7 Å². The molecule has 2 aromatic carbocycles. The molecule has 1 aliphatic heterocycles. The number of aliphatic hydroxyl groups is 1. The van der Waals surface area contributed by atoms with Crippen molar-refractivity contribution in [2.24, 2.45) is 0 Å². The molecular formula is C28H34N2O4. The molecule has 0 saturated carbocycles. The van der Waals surface area contributed by atoms with E-state index in [0.717, 1.165) is 29.8 Å². The average molecular weight is 463 g/mol. The maximum atomic E-state index is 13.2. The van der Waals surface area contributed by atoms with E-state index in [-0.39, 0.29) is 11.3 Å². The van der Waals surface area contributed by atoms with Crippen LogP contribution in [0.25, 0.3) is 5.76 Å². The Kier molecular flexibility index (Phi) is 8.29. The van der Waals surface area contributed by atoms with E-state index in [1.165, 1.54) is 0 Å². The third kappa shape index (κ3) is 5.23. The van der Waals surface area contributed by atoms with Crippen molar-refractivity contribution >= 4 is 17.4 Å². The van der Waals surface area contributed by atoms with Gasteiger partial charge >= 0.3 is 0 Å². The molecule has 180 valence electrons. The van der Waals surface area contributed by atoms with Gasteiger partial charge in [-0.25, -0.2) is 0 Å². The number of hydrogen-bond donors (Lipinski definition) is 1. The fourth-order valence-corrected chi connectivity index (χ4v) is 4.29. The summed E-state index contributed by atoms with van der Waals surface area (Å²) in [5.41, 5.74) is 3.25. The van der Waals surface area contributed by atoms with Crippen molar-refractivity contribution < 1.29 is 19.4 Å². The lowest BCUT2D eigenvalue weighted by Crippen LogP contribution is -2.38. The Morgan fingerprint density at radius 3 is 2.38 bits per heavy atom. The summed E-state index contributed by atoms with van der Waals surface area (Å²) in [5.74, 6) is -0.761. The van der Waals surface area contributed by atoms with Crippen molar-refractivity contribution in [3.63, 3.8) is 0 Å². The van der Waals surface area contributed by atoms with E-state index in [1.54, 1.807) is 29.2 Å². The Morgan fingerprint density at radius 1 is 1.12 bits per heavy atom. The van der Waals surface area contributed by atoms with Gasteiger partial charge in [-0.2, -0.15) is 0 Å². The highest BCUT2D eigenvalue weighted by atomic mass is 16.5. The predicted octanol–water partition coefficient (Wildman–Crippen LogP) is 4.63. The molecule has 3 rings (SSSR count). The molecule has 1 aliphatic rings. The molecule has 1 N–H and O–H groups in total. The maximum Gasteiger partial charge on any atom is 0.295 e. The zero-order valence-corrected chi connectivity index (χ0v) is 20.5. The molecular weight excluding hydrogens is 428 g/mol.